The molecule has 0 atom stereocenters. The van der Waals surface area contributed by atoms with Crippen molar-refractivity contribution in [3.8, 4) is 0 Å². The Morgan fingerprint density at radius 2 is 2.11 bits per heavy atom. The lowest BCUT2D eigenvalue weighted by Crippen LogP contribution is -2.42. The summed E-state index contributed by atoms with van der Waals surface area (Å²) in [5.41, 5.74) is 0.767. The summed E-state index contributed by atoms with van der Waals surface area (Å²) in [6, 6.07) is 0. The number of aromatic nitrogens is 2. The molecule has 1 aromatic heterocycles. The zero-order chi connectivity index (χ0) is 14.5. The highest BCUT2D eigenvalue weighted by molar-refractivity contribution is 5.76. The Balaban J connectivity index is 2.40. The highest BCUT2D eigenvalue weighted by atomic mass is 16.2. The van der Waals surface area contributed by atoms with Gasteiger partial charge in [0, 0.05) is 18.3 Å². The third kappa shape index (κ3) is 6.96. The molecule has 5 heteroatoms. The van der Waals surface area contributed by atoms with Gasteiger partial charge in [0.05, 0.1) is 12.0 Å². The molecule has 0 aliphatic heterocycles. The van der Waals surface area contributed by atoms with Crippen molar-refractivity contribution in [2.45, 2.75) is 53.2 Å². The minimum absolute atomic E-state index is 0.00610. The van der Waals surface area contributed by atoms with Crippen LogP contribution in [0.2, 0.25) is 0 Å². The van der Waals surface area contributed by atoms with Gasteiger partial charge in [0.2, 0.25) is 5.91 Å². The fourth-order valence-corrected chi connectivity index (χ4v) is 1.70. The van der Waals surface area contributed by atoms with Crippen molar-refractivity contribution in [3.63, 3.8) is 0 Å². The summed E-state index contributed by atoms with van der Waals surface area (Å²) < 4.78 is 1.81. The van der Waals surface area contributed by atoms with Crippen molar-refractivity contribution >= 4 is 5.91 Å². The molecule has 0 aliphatic rings. The Morgan fingerprint density at radius 3 is 2.68 bits per heavy atom. The molecule has 2 N–H and O–H groups in total. The SMILES string of the molecule is CC(C)CNCc1cn(CC(=O)NC(C)(C)C)cn1. The number of nitrogens with one attached hydrogen (secondary N) is 2. The summed E-state index contributed by atoms with van der Waals surface area (Å²) in [6.07, 6.45) is 3.62. The molecule has 0 aromatic carbocycles. The second kappa shape index (κ2) is 6.70. The normalized spacial score (nSPS) is 11.9. The van der Waals surface area contributed by atoms with Crippen molar-refractivity contribution in [1.82, 2.24) is 20.2 Å². The maximum Gasteiger partial charge on any atom is 0.240 e. The lowest BCUT2D eigenvalue weighted by atomic mass is 10.1. The summed E-state index contributed by atoms with van der Waals surface area (Å²) in [6.45, 7) is 12.3. The maximum atomic E-state index is 11.8. The van der Waals surface area contributed by atoms with Gasteiger partial charge < -0.3 is 15.2 Å². The van der Waals surface area contributed by atoms with Gasteiger partial charge in [-0.25, -0.2) is 4.98 Å². The third-order valence-electron chi connectivity index (χ3n) is 2.39. The van der Waals surface area contributed by atoms with E-state index in [1.54, 1.807) is 6.33 Å². The van der Waals surface area contributed by atoms with E-state index in [2.05, 4.69) is 29.5 Å². The molecule has 0 bridgehead atoms. The predicted molar refractivity (Wildman–Crippen MR) is 76.7 cm³/mol. The average Bonchev–Trinajstić information content (AvgIpc) is 2.61. The number of carbonyl (C=O) groups excluding carboxylic acids is 1. The molecule has 0 aliphatic carbocycles. The van der Waals surface area contributed by atoms with Crippen LogP contribution < -0.4 is 10.6 Å². The maximum absolute atomic E-state index is 11.8. The van der Waals surface area contributed by atoms with E-state index in [0.717, 1.165) is 18.8 Å². The molecule has 0 saturated heterocycles. The van der Waals surface area contributed by atoms with Gasteiger partial charge in [-0.15, -0.1) is 0 Å². The topological polar surface area (TPSA) is 59.0 Å². The van der Waals surface area contributed by atoms with Crippen LogP contribution in [0.5, 0.6) is 0 Å². The van der Waals surface area contributed by atoms with Crippen LogP contribution >= 0.6 is 0 Å². The summed E-state index contributed by atoms with van der Waals surface area (Å²) in [5.74, 6) is 0.631. The highest BCUT2D eigenvalue weighted by Gasteiger charge is 2.13. The van der Waals surface area contributed by atoms with E-state index >= 15 is 0 Å². The van der Waals surface area contributed by atoms with Crippen molar-refractivity contribution in [1.29, 1.82) is 0 Å². The van der Waals surface area contributed by atoms with Crippen molar-refractivity contribution in [2.75, 3.05) is 6.54 Å². The van der Waals surface area contributed by atoms with E-state index in [1.807, 2.05) is 31.5 Å². The molecular formula is C14H26N4O. The van der Waals surface area contributed by atoms with Gasteiger partial charge in [-0.3, -0.25) is 4.79 Å². The average molecular weight is 266 g/mol. The fourth-order valence-electron chi connectivity index (χ4n) is 1.70. The highest BCUT2D eigenvalue weighted by Crippen LogP contribution is 2.00. The van der Waals surface area contributed by atoms with Crippen molar-refractivity contribution < 1.29 is 4.79 Å². The number of carbonyl (C=O) groups is 1. The Morgan fingerprint density at radius 1 is 1.42 bits per heavy atom. The van der Waals surface area contributed by atoms with Crippen LogP contribution in [0.25, 0.3) is 0 Å². The summed E-state index contributed by atoms with van der Waals surface area (Å²) in [7, 11) is 0. The zero-order valence-electron chi connectivity index (χ0n) is 12.7. The Bertz CT molecular complexity index is 404. The van der Waals surface area contributed by atoms with E-state index in [9.17, 15) is 4.79 Å². The smallest absolute Gasteiger partial charge is 0.240 e. The predicted octanol–water partition coefficient (Wildman–Crippen LogP) is 1.54. The van der Waals surface area contributed by atoms with Gasteiger partial charge in [0.1, 0.15) is 6.54 Å². The van der Waals surface area contributed by atoms with Crippen LogP contribution in [0.1, 0.15) is 40.3 Å². The lowest BCUT2D eigenvalue weighted by Gasteiger charge is -2.20. The number of imidazole rings is 1. The van der Waals surface area contributed by atoms with E-state index in [1.165, 1.54) is 0 Å². The second-order valence-corrected chi connectivity index (χ2v) is 6.36. The van der Waals surface area contributed by atoms with Crippen molar-refractivity contribution in [3.05, 3.63) is 18.2 Å². The van der Waals surface area contributed by atoms with Crippen LogP contribution in [0, 0.1) is 5.92 Å². The number of rotatable bonds is 6. The second-order valence-electron chi connectivity index (χ2n) is 6.36. The number of amides is 1. The first-order chi connectivity index (χ1) is 8.76. The fraction of sp³-hybridized carbons (Fsp3) is 0.714. The standard InChI is InChI=1S/C14H26N4O/c1-11(2)6-15-7-12-8-18(10-16-12)9-13(19)17-14(3,4)5/h8,10-11,15H,6-7,9H2,1-5H3,(H,17,19). The lowest BCUT2D eigenvalue weighted by molar-refractivity contribution is -0.123. The minimum atomic E-state index is -0.195. The quantitative estimate of drug-likeness (QED) is 0.821. The molecule has 19 heavy (non-hydrogen) atoms. The van der Waals surface area contributed by atoms with Gasteiger partial charge in [-0.2, -0.15) is 0 Å². The van der Waals surface area contributed by atoms with Crippen LogP contribution in [0.4, 0.5) is 0 Å². The Hall–Kier alpha value is -1.36. The molecule has 0 saturated carbocycles. The molecule has 108 valence electrons. The van der Waals surface area contributed by atoms with E-state index in [4.69, 9.17) is 0 Å². The third-order valence-corrected chi connectivity index (χ3v) is 2.39. The molecule has 0 radical (unpaired) electrons. The first kappa shape index (κ1) is 15.7. The first-order valence-corrected chi connectivity index (χ1v) is 6.78. The van der Waals surface area contributed by atoms with Gasteiger partial charge in [0.25, 0.3) is 0 Å². The molecule has 0 spiro atoms. The van der Waals surface area contributed by atoms with Gasteiger partial charge in [-0.05, 0) is 33.2 Å². The molecule has 1 rings (SSSR count). The van der Waals surface area contributed by atoms with Crippen LogP contribution in [0.3, 0.4) is 0 Å². The molecular weight excluding hydrogens is 240 g/mol. The van der Waals surface area contributed by atoms with Gasteiger partial charge in [-0.1, -0.05) is 13.8 Å². The van der Waals surface area contributed by atoms with E-state index < -0.39 is 0 Å². The van der Waals surface area contributed by atoms with Gasteiger partial charge >= 0.3 is 0 Å². The van der Waals surface area contributed by atoms with Crippen LogP contribution in [0.15, 0.2) is 12.5 Å². The number of nitrogens with zero attached hydrogens (tertiary/aromatic N) is 2. The Labute approximate surface area is 115 Å². The molecule has 1 aromatic rings. The minimum Gasteiger partial charge on any atom is -0.350 e. The molecule has 0 unspecified atom stereocenters. The molecule has 1 heterocycles. The van der Waals surface area contributed by atoms with E-state index in [0.29, 0.717) is 12.5 Å². The van der Waals surface area contributed by atoms with Crippen LogP contribution in [-0.4, -0.2) is 27.5 Å². The first-order valence-electron chi connectivity index (χ1n) is 6.78. The summed E-state index contributed by atoms with van der Waals surface area (Å²) in [4.78, 5) is 16.0. The number of hydrogen-bond donors (Lipinski definition) is 2. The summed E-state index contributed by atoms with van der Waals surface area (Å²) >= 11 is 0. The van der Waals surface area contributed by atoms with Gasteiger partial charge in [0.15, 0.2) is 0 Å². The molecule has 5 nitrogen and oxygen atoms in total. The van der Waals surface area contributed by atoms with E-state index in [-0.39, 0.29) is 11.4 Å². The van der Waals surface area contributed by atoms with Crippen LogP contribution in [-0.2, 0) is 17.9 Å². The molecule has 1 amide bonds. The molecule has 0 fully saturated rings. The summed E-state index contributed by atoms with van der Waals surface area (Å²) in [5, 5.41) is 6.26. The van der Waals surface area contributed by atoms with Crippen molar-refractivity contribution in [2.24, 2.45) is 5.92 Å². The Kier molecular flexibility index (Phi) is 5.54. The monoisotopic (exact) mass is 266 g/mol. The largest absolute Gasteiger partial charge is 0.350 e. The number of hydrogen-bond acceptors (Lipinski definition) is 3. The zero-order valence-corrected chi connectivity index (χ0v) is 12.7.